The Bertz CT molecular complexity index is 1210. The van der Waals surface area contributed by atoms with Crippen molar-refractivity contribution in [3.05, 3.63) is 69.2 Å². The van der Waals surface area contributed by atoms with E-state index in [1.54, 1.807) is 23.5 Å². The van der Waals surface area contributed by atoms with Crippen LogP contribution < -0.4 is 10.9 Å². The van der Waals surface area contributed by atoms with Gasteiger partial charge in [-0.15, -0.1) is 10.2 Å². The van der Waals surface area contributed by atoms with Crippen LogP contribution in [0.1, 0.15) is 5.82 Å². The largest absolute Gasteiger partial charge is 0.324 e. The number of fused-ring (bicyclic) bond motifs is 3. The Morgan fingerprint density at radius 1 is 1.08 bits per heavy atom. The third-order valence-electron chi connectivity index (χ3n) is 4.12. The van der Waals surface area contributed by atoms with Crippen LogP contribution in [0.4, 0.5) is 5.69 Å². The molecule has 7 nitrogen and oxygen atoms in total. The molecule has 2 aromatic carbocycles. The third-order valence-corrected chi connectivity index (χ3v) is 4.82. The summed E-state index contributed by atoms with van der Waals surface area (Å²) in [6.45, 7) is 1.67. The van der Waals surface area contributed by atoms with Crippen molar-refractivity contribution in [2.24, 2.45) is 0 Å². The number of hydrogen-bond acceptors (Lipinski definition) is 4. The average molecular weight is 412 g/mol. The van der Waals surface area contributed by atoms with Crippen LogP contribution in [0.2, 0.25) is 0 Å². The minimum atomic E-state index is -0.355. The Kier molecular flexibility index (Phi) is 4.04. The van der Waals surface area contributed by atoms with Crippen molar-refractivity contribution in [3.63, 3.8) is 0 Å². The maximum atomic E-state index is 12.9. The molecule has 0 saturated heterocycles. The summed E-state index contributed by atoms with van der Waals surface area (Å²) in [7, 11) is 0. The molecule has 0 atom stereocenters. The maximum absolute atomic E-state index is 12.9. The van der Waals surface area contributed by atoms with Gasteiger partial charge in [0.15, 0.2) is 0 Å². The van der Waals surface area contributed by atoms with Crippen LogP contribution in [-0.2, 0) is 11.3 Å². The predicted molar refractivity (Wildman–Crippen MR) is 102 cm³/mol. The number of nitrogens with zero attached hydrogens (tertiary/aromatic N) is 4. The molecule has 0 radical (unpaired) electrons. The van der Waals surface area contributed by atoms with Crippen LogP contribution in [0.25, 0.3) is 16.7 Å². The molecule has 8 heteroatoms. The van der Waals surface area contributed by atoms with E-state index in [-0.39, 0.29) is 23.7 Å². The number of benzene rings is 2. The lowest BCUT2D eigenvalue weighted by atomic mass is 10.2. The molecule has 2 heterocycles. The van der Waals surface area contributed by atoms with E-state index < -0.39 is 0 Å². The van der Waals surface area contributed by atoms with Gasteiger partial charge in [0.05, 0.1) is 16.7 Å². The van der Waals surface area contributed by atoms with Crippen LogP contribution in [0.5, 0.6) is 0 Å². The standard InChI is InChI=1S/C18H14BrN5O2/c1-11-21-22-17-18(26)23(14-8-4-5-9-15(14)24(11)17)10-16(25)20-13-7-3-2-6-12(13)19/h2-9H,10H2,1H3,(H,20,25). The number of halogens is 1. The number of hydrogen-bond donors (Lipinski definition) is 1. The summed E-state index contributed by atoms with van der Waals surface area (Å²) in [5, 5.41) is 10.8. The topological polar surface area (TPSA) is 81.3 Å². The van der Waals surface area contributed by atoms with E-state index in [2.05, 4.69) is 31.4 Å². The minimum absolute atomic E-state index is 0.122. The van der Waals surface area contributed by atoms with Gasteiger partial charge in [0, 0.05) is 4.47 Å². The first-order valence-corrected chi connectivity index (χ1v) is 8.73. The predicted octanol–water partition coefficient (Wildman–Crippen LogP) is 2.75. The van der Waals surface area contributed by atoms with Gasteiger partial charge in [0.2, 0.25) is 11.6 Å². The lowest BCUT2D eigenvalue weighted by Gasteiger charge is -2.12. The van der Waals surface area contributed by atoms with Crippen LogP contribution in [0.15, 0.2) is 57.8 Å². The highest BCUT2D eigenvalue weighted by molar-refractivity contribution is 9.10. The quantitative estimate of drug-likeness (QED) is 0.561. The van der Waals surface area contributed by atoms with E-state index in [1.807, 2.05) is 36.4 Å². The Morgan fingerprint density at radius 2 is 1.77 bits per heavy atom. The molecule has 0 unspecified atom stereocenters. The monoisotopic (exact) mass is 411 g/mol. The van der Waals surface area contributed by atoms with Crippen LogP contribution >= 0.6 is 15.9 Å². The van der Waals surface area contributed by atoms with Gasteiger partial charge >= 0.3 is 0 Å². The average Bonchev–Trinajstić information content (AvgIpc) is 3.03. The van der Waals surface area contributed by atoms with Gasteiger partial charge in [0.25, 0.3) is 5.56 Å². The fourth-order valence-electron chi connectivity index (χ4n) is 2.95. The van der Waals surface area contributed by atoms with Crippen LogP contribution in [0.3, 0.4) is 0 Å². The molecule has 0 aliphatic heterocycles. The summed E-state index contributed by atoms with van der Waals surface area (Å²) in [5.41, 5.74) is 1.92. The van der Waals surface area contributed by atoms with Crippen molar-refractivity contribution in [1.82, 2.24) is 19.2 Å². The first-order chi connectivity index (χ1) is 12.6. The van der Waals surface area contributed by atoms with E-state index in [4.69, 9.17) is 0 Å². The molecule has 0 bridgehead atoms. The molecule has 0 aliphatic rings. The third kappa shape index (κ3) is 2.68. The zero-order valence-electron chi connectivity index (χ0n) is 13.8. The van der Waals surface area contributed by atoms with Gasteiger partial charge in [-0.05, 0) is 47.1 Å². The molecule has 0 aliphatic carbocycles. The summed E-state index contributed by atoms with van der Waals surface area (Å²) < 4.78 is 3.90. The highest BCUT2D eigenvalue weighted by Gasteiger charge is 2.16. The van der Waals surface area contributed by atoms with E-state index in [9.17, 15) is 9.59 Å². The zero-order valence-corrected chi connectivity index (χ0v) is 15.4. The van der Waals surface area contributed by atoms with Crippen molar-refractivity contribution < 1.29 is 4.79 Å². The number of para-hydroxylation sites is 3. The Labute approximate surface area is 156 Å². The highest BCUT2D eigenvalue weighted by Crippen LogP contribution is 2.21. The number of nitrogens with one attached hydrogen (secondary N) is 1. The SMILES string of the molecule is Cc1nnc2c(=O)n(CC(=O)Nc3ccccc3Br)c3ccccc3n12. The summed E-state index contributed by atoms with van der Waals surface area (Å²) in [5.74, 6) is 0.322. The van der Waals surface area contributed by atoms with Crippen molar-refractivity contribution in [2.45, 2.75) is 13.5 Å². The van der Waals surface area contributed by atoms with E-state index >= 15 is 0 Å². The van der Waals surface area contributed by atoms with E-state index in [1.165, 1.54) is 4.57 Å². The van der Waals surface area contributed by atoms with Gasteiger partial charge in [-0.25, -0.2) is 0 Å². The molecule has 1 N–H and O–H groups in total. The van der Waals surface area contributed by atoms with Crippen molar-refractivity contribution in [2.75, 3.05) is 5.32 Å². The van der Waals surface area contributed by atoms with Gasteiger partial charge < -0.3 is 5.32 Å². The summed E-state index contributed by atoms with van der Waals surface area (Å²) >= 11 is 3.39. The molecule has 0 fully saturated rings. The fourth-order valence-corrected chi connectivity index (χ4v) is 3.34. The lowest BCUT2D eigenvalue weighted by molar-refractivity contribution is -0.116. The van der Waals surface area contributed by atoms with Crippen molar-refractivity contribution >= 4 is 44.2 Å². The second-order valence-corrected chi connectivity index (χ2v) is 6.67. The van der Waals surface area contributed by atoms with Gasteiger partial charge in [0.1, 0.15) is 12.4 Å². The Balaban J connectivity index is 1.81. The number of carbonyl (C=O) groups is 1. The van der Waals surface area contributed by atoms with E-state index in [0.717, 1.165) is 9.99 Å². The summed E-state index contributed by atoms with van der Waals surface area (Å²) in [6.07, 6.45) is 0. The van der Waals surface area contributed by atoms with Crippen molar-refractivity contribution in [1.29, 1.82) is 0 Å². The maximum Gasteiger partial charge on any atom is 0.297 e. The lowest BCUT2D eigenvalue weighted by Crippen LogP contribution is -2.29. The minimum Gasteiger partial charge on any atom is -0.324 e. The van der Waals surface area contributed by atoms with Gasteiger partial charge in [-0.1, -0.05) is 24.3 Å². The van der Waals surface area contributed by atoms with E-state index in [0.29, 0.717) is 17.0 Å². The molecule has 4 rings (SSSR count). The Morgan fingerprint density at radius 3 is 2.54 bits per heavy atom. The number of amides is 1. The second-order valence-electron chi connectivity index (χ2n) is 5.81. The number of aromatic nitrogens is 4. The molecule has 2 aromatic heterocycles. The normalized spacial score (nSPS) is 11.2. The van der Waals surface area contributed by atoms with Gasteiger partial charge in [-0.3, -0.25) is 18.6 Å². The fraction of sp³-hybridized carbons (Fsp3) is 0.111. The highest BCUT2D eigenvalue weighted by atomic mass is 79.9. The second kappa shape index (κ2) is 6.38. The Hall–Kier alpha value is -3.00. The molecule has 4 aromatic rings. The summed E-state index contributed by atoms with van der Waals surface area (Å²) in [4.78, 5) is 25.4. The zero-order chi connectivity index (χ0) is 18.3. The molecule has 1 amide bonds. The molecule has 0 saturated carbocycles. The van der Waals surface area contributed by atoms with Crippen molar-refractivity contribution in [3.8, 4) is 0 Å². The molecule has 130 valence electrons. The molecule has 0 spiro atoms. The first-order valence-electron chi connectivity index (χ1n) is 7.94. The number of carbonyl (C=O) groups excluding carboxylic acids is 1. The first kappa shape index (κ1) is 16.5. The molecular weight excluding hydrogens is 398 g/mol. The number of aryl methyl sites for hydroxylation is 1. The number of rotatable bonds is 3. The summed E-state index contributed by atoms with van der Waals surface area (Å²) in [6, 6.07) is 14.7. The molecule has 26 heavy (non-hydrogen) atoms. The van der Waals surface area contributed by atoms with Crippen LogP contribution in [0, 0.1) is 6.92 Å². The van der Waals surface area contributed by atoms with Gasteiger partial charge in [-0.2, -0.15) is 0 Å². The molecular formula is C18H14BrN5O2. The number of anilines is 1. The smallest absolute Gasteiger partial charge is 0.297 e. The van der Waals surface area contributed by atoms with Crippen LogP contribution in [-0.4, -0.2) is 25.1 Å².